The Hall–Kier alpha value is -3.68. The second kappa shape index (κ2) is 9.29. The van der Waals surface area contributed by atoms with E-state index in [1.165, 1.54) is 0 Å². The molecule has 0 radical (unpaired) electrons. The van der Waals surface area contributed by atoms with Gasteiger partial charge in [-0.2, -0.15) is 0 Å². The lowest BCUT2D eigenvalue weighted by Crippen LogP contribution is -2.50. The first-order chi connectivity index (χ1) is 16.2. The van der Waals surface area contributed by atoms with Gasteiger partial charge in [-0.15, -0.1) is 0 Å². The van der Waals surface area contributed by atoms with Crippen molar-refractivity contribution in [2.24, 2.45) is 0 Å². The number of nitrogen functional groups attached to an aromatic ring is 1. The van der Waals surface area contributed by atoms with E-state index in [-0.39, 0.29) is 6.09 Å². The summed E-state index contributed by atoms with van der Waals surface area (Å²) < 4.78 is 16.9. The molecule has 1 aliphatic heterocycles. The van der Waals surface area contributed by atoms with Crippen molar-refractivity contribution in [2.75, 3.05) is 51.0 Å². The highest BCUT2D eigenvalue weighted by atomic mass is 16.6. The first-order valence-electron chi connectivity index (χ1n) is 11.4. The summed E-state index contributed by atoms with van der Waals surface area (Å²) in [6, 6.07) is 13.7. The average Bonchev–Trinajstić information content (AvgIpc) is 2.82. The van der Waals surface area contributed by atoms with Crippen molar-refractivity contribution in [1.82, 2.24) is 9.88 Å². The molecule has 0 bridgehead atoms. The molecule has 0 aliphatic carbocycles. The minimum atomic E-state index is -0.515. The molecule has 2 N–H and O–H groups in total. The molecule has 34 heavy (non-hydrogen) atoms. The summed E-state index contributed by atoms with van der Waals surface area (Å²) in [5, 5.41) is 0.819. The van der Waals surface area contributed by atoms with E-state index in [2.05, 4.69) is 4.90 Å². The predicted octanol–water partition coefficient (Wildman–Crippen LogP) is 4.56. The number of rotatable bonds is 4. The molecule has 1 amide bonds. The summed E-state index contributed by atoms with van der Waals surface area (Å²) in [6.45, 7) is 7.99. The van der Waals surface area contributed by atoms with Crippen molar-refractivity contribution < 1.29 is 19.0 Å². The summed E-state index contributed by atoms with van der Waals surface area (Å²) >= 11 is 0. The number of hydrogen-bond donors (Lipinski definition) is 1. The van der Waals surface area contributed by atoms with Gasteiger partial charge in [-0.25, -0.2) is 9.78 Å². The van der Waals surface area contributed by atoms with Gasteiger partial charge < -0.3 is 29.7 Å². The van der Waals surface area contributed by atoms with E-state index in [0.29, 0.717) is 43.4 Å². The third-order valence-corrected chi connectivity index (χ3v) is 5.77. The van der Waals surface area contributed by atoms with Crippen LogP contribution in [0.2, 0.25) is 0 Å². The molecule has 1 aromatic heterocycles. The monoisotopic (exact) mass is 464 g/mol. The van der Waals surface area contributed by atoms with Crippen LogP contribution in [0.1, 0.15) is 20.8 Å². The molecule has 180 valence electrons. The Morgan fingerprint density at radius 1 is 1.00 bits per heavy atom. The molecule has 0 saturated carbocycles. The zero-order chi connectivity index (χ0) is 24.5. The number of carbonyl (C=O) groups is 1. The zero-order valence-corrected chi connectivity index (χ0v) is 20.4. The fraction of sp³-hybridized carbons (Fsp3) is 0.385. The van der Waals surface area contributed by atoms with Gasteiger partial charge in [0, 0.05) is 54.9 Å². The Morgan fingerprint density at radius 2 is 1.68 bits per heavy atom. The average molecular weight is 465 g/mol. The van der Waals surface area contributed by atoms with Crippen molar-refractivity contribution in [3.8, 4) is 22.6 Å². The maximum Gasteiger partial charge on any atom is 0.410 e. The number of pyridine rings is 1. The quantitative estimate of drug-likeness (QED) is 0.605. The topological polar surface area (TPSA) is 90.2 Å². The summed E-state index contributed by atoms with van der Waals surface area (Å²) in [6.07, 6.45) is -0.289. The van der Waals surface area contributed by atoms with E-state index in [9.17, 15) is 4.79 Å². The minimum Gasteiger partial charge on any atom is -0.493 e. The van der Waals surface area contributed by atoms with Gasteiger partial charge in [0.25, 0.3) is 0 Å². The number of fused-ring (bicyclic) bond motifs is 1. The third-order valence-electron chi connectivity index (χ3n) is 5.77. The fourth-order valence-corrected chi connectivity index (χ4v) is 4.22. The maximum absolute atomic E-state index is 12.4. The van der Waals surface area contributed by atoms with Gasteiger partial charge in [-0.05, 0) is 26.3 Å². The highest BCUT2D eigenvalue weighted by Gasteiger charge is 2.27. The number of benzene rings is 2. The maximum atomic E-state index is 12.4. The van der Waals surface area contributed by atoms with E-state index in [4.69, 9.17) is 24.9 Å². The van der Waals surface area contributed by atoms with Crippen LogP contribution in [0, 0.1) is 0 Å². The lowest BCUT2D eigenvalue weighted by molar-refractivity contribution is 0.0240. The number of carbonyl (C=O) groups excluding carboxylic acids is 1. The number of ether oxygens (including phenoxy) is 3. The highest BCUT2D eigenvalue weighted by Crippen LogP contribution is 2.46. The Morgan fingerprint density at radius 3 is 2.26 bits per heavy atom. The van der Waals surface area contributed by atoms with Gasteiger partial charge in [0.1, 0.15) is 11.4 Å². The molecule has 3 aromatic rings. The number of hydrogen-bond acceptors (Lipinski definition) is 7. The summed E-state index contributed by atoms with van der Waals surface area (Å²) in [5.41, 5.74) is 9.25. The molecular formula is C26H32N4O4. The molecule has 0 unspecified atom stereocenters. The lowest BCUT2D eigenvalue weighted by atomic mass is 9.97. The Balaban J connectivity index is 1.69. The van der Waals surface area contributed by atoms with Crippen molar-refractivity contribution in [3.63, 3.8) is 0 Å². The van der Waals surface area contributed by atoms with Crippen molar-refractivity contribution in [1.29, 1.82) is 0 Å². The molecule has 8 heteroatoms. The Labute approximate surface area is 200 Å². The molecule has 2 aromatic carbocycles. The summed E-state index contributed by atoms with van der Waals surface area (Å²) in [4.78, 5) is 21.2. The van der Waals surface area contributed by atoms with Crippen LogP contribution in [0.25, 0.3) is 22.0 Å². The van der Waals surface area contributed by atoms with Crippen LogP contribution in [0.15, 0.2) is 42.5 Å². The van der Waals surface area contributed by atoms with Crippen LogP contribution in [-0.4, -0.2) is 62.0 Å². The summed E-state index contributed by atoms with van der Waals surface area (Å²) in [7, 11) is 3.24. The molecule has 1 saturated heterocycles. The van der Waals surface area contributed by atoms with Gasteiger partial charge in [-0.3, -0.25) is 0 Å². The van der Waals surface area contributed by atoms with Crippen molar-refractivity contribution in [3.05, 3.63) is 42.5 Å². The van der Waals surface area contributed by atoms with Gasteiger partial charge in [0.05, 0.1) is 19.7 Å². The summed E-state index contributed by atoms with van der Waals surface area (Å²) in [5.74, 6) is 1.97. The smallest absolute Gasteiger partial charge is 0.410 e. The van der Waals surface area contributed by atoms with Crippen LogP contribution in [0.3, 0.4) is 0 Å². The Kier molecular flexibility index (Phi) is 6.41. The molecule has 2 heterocycles. The van der Waals surface area contributed by atoms with E-state index >= 15 is 0 Å². The first kappa shape index (κ1) is 23.5. The number of nitrogens with two attached hydrogens (primary N) is 1. The van der Waals surface area contributed by atoms with Gasteiger partial charge in [0.2, 0.25) is 0 Å². The molecule has 1 aliphatic rings. The minimum absolute atomic E-state index is 0.289. The van der Waals surface area contributed by atoms with Gasteiger partial charge in [0.15, 0.2) is 11.5 Å². The lowest BCUT2D eigenvalue weighted by Gasteiger charge is -2.36. The standard InChI is InChI=1S/C26H32N4O4/c1-26(2,3)34-25(31)30-13-11-29(12-14-30)21-15-18(27)23-19(28-21)16-20(32-4)24(33-5)22(23)17-9-7-6-8-10-17/h6-10,15-16H,11-14H2,1-5H3,(H2,27,28). The van der Waals surface area contributed by atoms with Crippen LogP contribution in [0.5, 0.6) is 11.5 Å². The first-order valence-corrected chi connectivity index (χ1v) is 11.4. The van der Waals surface area contributed by atoms with Crippen molar-refractivity contribution in [2.45, 2.75) is 26.4 Å². The molecule has 0 spiro atoms. The van der Waals surface area contributed by atoms with Crippen LogP contribution >= 0.6 is 0 Å². The Bertz CT molecular complexity index is 1180. The number of methoxy groups -OCH3 is 2. The second-order valence-electron chi connectivity index (χ2n) is 9.27. The molecule has 0 atom stereocenters. The molecule has 8 nitrogen and oxygen atoms in total. The van der Waals surface area contributed by atoms with Gasteiger partial charge >= 0.3 is 6.09 Å². The predicted molar refractivity (Wildman–Crippen MR) is 135 cm³/mol. The van der Waals surface area contributed by atoms with Crippen LogP contribution in [0.4, 0.5) is 16.3 Å². The molecule has 1 fully saturated rings. The third kappa shape index (κ3) is 4.66. The van der Waals surface area contributed by atoms with E-state index in [0.717, 1.165) is 27.8 Å². The van der Waals surface area contributed by atoms with E-state index in [1.807, 2.05) is 63.2 Å². The molecular weight excluding hydrogens is 432 g/mol. The van der Waals surface area contributed by atoms with Crippen molar-refractivity contribution >= 4 is 28.5 Å². The molecule has 4 rings (SSSR count). The van der Waals surface area contributed by atoms with E-state index < -0.39 is 5.60 Å². The van der Waals surface area contributed by atoms with Crippen LogP contribution in [-0.2, 0) is 4.74 Å². The largest absolute Gasteiger partial charge is 0.493 e. The van der Waals surface area contributed by atoms with Gasteiger partial charge in [-0.1, -0.05) is 30.3 Å². The fourth-order valence-electron chi connectivity index (χ4n) is 4.22. The zero-order valence-electron chi connectivity index (χ0n) is 20.4. The SMILES string of the molecule is COc1cc2nc(N3CCN(C(=O)OC(C)(C)C)CC3)cc(N)c2c(-c2ccccc2)c1OC. The number of aromatic nitrogens is 1. The van der Waals surface area contributed by atoms with Crippen LogP contribution < -0.4 is 20.1 Å². The number of piperazine rings is 1. The normalized spacial score (nSPS) is 14.3. The highest BCUT2D eigenvalue weighted by molar-refractivity contribution is 6.07. The number of anilines is 2. The number of nitrogens with zero attached hydrogens (tertiary/aromatic N) is 3. The second-order valence-corrected chi connectivity index (χ2v) is 9.27. The number of amides is 1. The van der Waals surface area contributed by atoms with E-state index in [1.54, 1.807) is 19.1 Å².